The van der Waals surface area contributed by atoms with Gasteiger partial charge in [-0.25, -0.2) is 0 Å². The zero-order valence-corrected chi connectivity index (χ0v) is 20.4. The summed E-state index contributed by atoms with van der Waals surface area (Å²) in [7, 11) is 0. The number of rotatable bonds is 10. The highest BCUT2D eigenvalue weighted by molar-refractivity contribution is 6.32. The van der Waals surface area contributed by atoms with Crippen molar-refractivity contribution in [1.82, 2.24) is 4.90 Å². The smallest absolute Gasteiger partial charge is 0.262 e. The number of carbonyl (C=O) groups is 1. The van der Waals surface area contributed by atoms with Gasteiger partial charge in [-0.15, -0.1) is 0 Å². The maximum Gasteiger partial charge on any atom is 0.262 e. The van der Waals surface area contributed by atoms with E-state index in [1.165, 1.54) is 0 Å². The van der Waals surface area contributed by atoms with Crippen molar-refractivity contribution >= 4 is 34.8 Å². The highest BCUT2D eigenvalue weighted by atomic mass is 35.5. The fraction of sp³-hybridized carbons (Fsp3) is 0.458. The lowest BCUT2D eigenvalue weighted by Crippen LogP contribution is -2.27. The third-order valence-electron chi connectivity index (χ3n) is 4.93. The molecule has 0 bridgehead atoms. The third-order valence-corrected chi connectivity index (χ3v) is 5.52. The Morgan fingerprint density at radius 2 is 1.58 bits per heavy atom. The van der Waals surface area contributed by atoms with Gasteiger partial charge in [0.15, 0.2) is 6.61 Å². The highest BCUT2D eigenvalue weighted by Crippen LogP contribution is 2.31. The first kappa shape index (κ1) is 25.3. The maximum absolute atomic E-state index is 12.3. The molecule has 31 heavy (non-hydrogen) atoms. The third kappa shape index (κ3) is 7.91. The molecular weight excluding hydrogens is 435 g/mol. The predicted molar refractivity (Wildman–Crippen MR) is 129 cm³/mol. The molecule has 0 heterocycles. The Morgan fingerprint density at radius 1 is 0.968 bits per heavy atom. The Balaban J connectivity index is 1.87. The number of hydrogen-bond donors (Lipinski definition) is 1. The standard InChI is InChI=1S/C24H32Cl2N2O3/c1-6-28(7-2)12-13-30-21-11-9-18(15-20(21)26)27-23(29)16-31-22-10-8-17(14-19(22)25)24(3,4)5/h8-11,14-15H,6-7,12-13,16H2,1-5H3,(H,27,29). The average Bonchev–Trinajstić information content (AvgIpc) is 2.71. The van der Waals surface area contributed by atoms with E-state index in [1.54, 1.807) is 24.3 Å². The summed E-state index contributed by atoms with van der Waals surface area (Å²) in [5, 5.41) is 3.70. The molecule has 2 aromatic rings. The molecule has 0 fully saturated rings. The predicted octanol–water partition coefficient (Wildman–Crippen LogP) is 6.03. The summed E-state index contributed by atoms with van der Waals surface area (Å²) in [5.74, 6) is 0.760. The topological polar surface area (TPSA) is 50.8 Å². The summed E-state index contributed by atoms with van der Waals surface area (Å²) in [4.78, 5) is 14.5. The summed E-state index contributed by atoms with van der Waals surface area (Å²) in [5.41, 5.74) is 1.66. The molecule has 0 spiro atoms. The Hall–Kier alpha value is -1.95. The minimum atomic E-state index is -0.303. The van der Waals surface area contributed by atoms with Crippen molar-refractivity contribution in [1.29, 1.82) is 0 Å². The van der Waals surface area contributed by atoms with Gasteiger partial charge < -0.3 is 19.7 Å². The van der Waals surface area contributed by atoms with Gasteiger partial charge in [0.2, 0.25) is 0 Å². The van der Waals surface area contributed by atoms with Crippen molar-refractivity contribution in [2.24, 2.45) is 0 Å². The van der Waals surface area contributed by atoms with Gasteiger partial charge >= 0.3 is 0 Å². The number of anilines is 1. The minimum Gasteiger partial charge on any atom is -0.491 e. The Bertz CT molecular complexity index is 878. The monoisotopic (exact) mass is 466 g/mol. The number of nitrogens with zero attached hydrogens (tertiary/aromatic N) is 1. The number of hydrogen-bond acceptors (Lipinski definition) is 4. The molecule has 2 rings (SSSR count). The molecule has 0 atom stereocenters. The summed E-state index contributed by atoms with van der Waals surface area (Å²) in [6, 6.07) is 10.8. The molecule has 0 aromatic heterocycles. The van der Waals surface area contributed by atoms with Gasteiger partial charge in [-0.05, 0) is 54.4 Å². The molecule has 0 aliphatic rings. The molecule has 0 radical (unpaired) electrons. The lowest BCUT2D eigenvalue weighted by atomic mass is 9.87. The van der Waals surface area contributed by atoms with Gasteiger partial charge in [-0.2, -0.15) is 0 Å². The summed E-state index contributed by atoms with van der Waals surface area (Å²) < 4.78 is 11.3. The van der Waals surface area contributed by atoms with Crippen LogP contribution in [0.15, 0.2) is 36.4 Å². The molecule has 0 aliphatic carbocycles. The van der Waals surface area contributed by atoms with Crippen LogP contribution in [0.1, 0.15) is 40.2 Å². The molecule has 0 unspecified atom stereocenters. The van der Waals surface area contributed by atoms with E-state index in [0.29, 0.717) is 33.8 Å². The molecule has 0 saturated heterocycles. The van der Waals surface area contributed by atoms with E-state index in [4.69, 9.17) is 32.7 Å². The number of ether oxygens (including phenoxy) is 2. The van der Waals surface area contributed by atoms with Gasteiger partial charge in [0, 0.05) is 12.2 Å². The van der Waals surface area contributed by atoms with Crippen LogP contribution in [0, 0.1) is 0 Å². The number of likely N-dealkylation sites (N-methyl/N-ethyl adjacent to an activating group) is 1. The second kappa shape index (κ2) is 11.6. The maximum atomic E-state index is 12.3. The molecule has 170 valence electrons. The first-order valence-corrected chi connectivity index (χ1v) is 11.3. The normalized spacial score (nSPS) is 11.5. The minimum absolute atomic E-state index is 0.0138. The molecule has 2 aromatic carbocycles. The van der Waals surface area contributed by atoms with Crippen LogP contribution < -0.4 is 14.8 Å². The number of carbonyl (C=O) groups excluding carboxylic acids is 1. The lowest BCUT2D eigenvalue weighted by molar-refractivity contribution is -0.118. The second-order valence-electron chi connectivity index (χ2n) is 8.25. The number of nitrogens with one attached hydrogen (secondary N) is 1. The summed E-state index contributed by atoms with van der Waals surface area (Å²) in [6.07, 6.45) is 0. The SMILES string of the molecule is CCN(CC)CCOc1ccc(NC(=O)COc2ccc(C(C)(C)C)cc2Cl)cc1Cl. The molecule has 1 N–H and O–H groups in total. The lowest BCUT2D eigenvalue weighted by Gasteiger charge is -2.20. The van der Waals surface area contributed by atoms with Crippen LogP contribution >= 0.6 is 23.2 Å². The molecular formula is C24H32Cl2N2O3. The van der Waals surface area contributed by atoms with Gasteiger partial charge in [-0.3, -0.25) is 4.79 Å². The average molecular weight is 467 g/mol. The number of benzene rings is 2. The molecule has 5 nitrogen and oxygen atoms in total. The van der Waals surface area contributed by atoms with E-state index in [9.17, 15) is 4.79 Å². The Morgan fingerprint density at radius 3 is 2.16 bits per heavy atom. The molecule has 1 amide bonds. The summed E-state index contributed by atoms with van der Waals surface area (Å²) >= 11 is 12.6. The van der Waals surface area contributed by atoms with Crippen molar-refractivity contribution in [3.8, 4) is 11.5 Å². The first-order chi connectivity index (χ1) is 14.6. The van der Waals surface area contributed by atoms with Gasteiger partial charge in [0.05, 0.1) is 10.0 Å². The number of amides is 1. The fourth-order valence-electron chi connectivity index (χ4n) is 2.94. The van der Waals surface area contributed by atoms with Crippen LogP contribution in [0.5, 0.6) is 11.5 Å². The van der Waals surface area contributed by atoms with Crippen LogP contribution in [0.25, 0.3) is 0 Å². The molecule has 7 heteroatoms. The largest absolute Gasteiger partial charge is 0.491 e. The van der Waals surface area contributed by atoms with Crippen LogP contribution in [-0.2, 0) is 10.2 Å². The van der Waals surface area contributed by atoms with E-state index in [2.05, 4.69) is 44.8 Å². The fourth-order valence-corrected chi connectivity index (χ4v) is 3.42. The van der Waals surface area contributed by atoms with E-state index >= 15 is 0 Å². The van der Waals surface area contributed by atoms with Crippen molar-refractivity contribution in [2.75, 3.05) is 38.2 Å². The molecule has 0 aliphatic heterocycles. The van der Waals surface area contributed by atoms with Gasteiger partial charge in [-0.1, -0.05) is 63.9 Å². The molecule has 0 saturated carbocycles. The zero-order valence-electron chi connectivity index (χ0n) is 18.9. The van der Waals surface area contributed by atoms with Crippen molar-refractivity contribution < 1.29 is 14.3 Å². The Kier molecular flexibility index (Phi) is 9.48. The highest BCUT2D eigenvalue weighted by Gasteiger charge is 2.16. The van der Waals surface area contributed by atoms with Crippen molar-refractivity contribution in [3.63, 3.8) is 0 Å². The van der Waals surface area contributed by atoms with Crippen LogP contribution in [0.2, 0.25) is 10.0 Å². The van der Waals surface area contributed by atoms with Gasteiger partial charge in [0.1, 0.15) is 18.1 Å². The van der Waals surface area contributed by atoms with Crippen LogP contribution in [-0.4, -0.2) is 43.7 Å². The van der Waals surface area contributed by atoms with E-state index in [-0.39, 0.29) is 17.9 Å². The Labute approximate surface area is 195 Å². The van der Waals surface area contributed by atoms with E-state index in [1.807, 2.05) is 12.1 Å². The van der Waals surface area contributed by atoms with Crippen molar-refractivity contribution in [2.45, 2.75) is 40.0 Å². The van der Waals surface area contributed by atoms with Crippen LogP contribution in [0.4, 0.5) is 5.69 Å². The number of halogens is 2. The van der Waals surface area contributed by atoms with Crippen molar-refractivity contribution in [3.05, 3.63) is 52.0 Å². The van der Waals surface area contributed by atoms with E-state index < -0.39 is 0 Å². The van der Waals surface area contributed by atoms with E-state index in [0.717, 1.165) is 25.2 Å². The second-order valence-corrected chi connectivity index (χ2v) is 9.07. The zero-order chi connectivity index (χ0) is 23.0. The summed E-state index contributed by atoms with van der Waals surface area (Å²) in [6.45, 7) is 13.7. The quantitative estimate of drug-likeness (QED) is 0.464. The van der Waals surface area contributed by atoms with Gasteiger partial charge in [0.25, 0.3) is 5.91 Å². The van der Waals surface area contributed by atoms with Crippen LogP contribution in [0.3, 0.4) is 0 Å². The first-order valence-electron chi connectivity index (χ1n) is 10.5.